The van der Waals surface area contributed by atoms with Crippen molar-refractivity contribution in [2.75, 3.05) is 13.2 Å². The molecule has 0 saturated heterocycles. The molecule has 4 atom stereocenters. The van der Waals surface area contributed by atoms with Gasteiger partial charge in [0.05, 0.1) is 11.1 Å². The third-order valence-electron chi connectivity index (χ3n) is 4.67. The summed E-state index contributed by atoms with van der Waals surface area (Å²) in [6.07, 6.45) is -0.800. The number of carbonyl (C=O) groups is 4. The summed E-state index contributed by atoms with van der Waals surface area (Å²) in [5.74, 6) is -1.43. The number of benzene rings is 1. The Kier molecular flexibility index (Phi) is 10.4. The van der Waals surface area contributed by atoms with E-state index in [0.29, 0.717) is 0 Å². The van der Waals surface area contributed by atoms with Crippen molar-refractivity contribution in [3.63, 3.8) is 0 Å². The van der Waals surface area contributed by atoms with E-state index in [1.165, 1.54) is 24.3 Å². The average Bonchev–Trinajstić information content (AvgIpc) is 2.74. The minimum absolute atomic E-state index is 0.0429. The predicted molar refractivity (Wildman–Crippen MR) is 118 cm³/mol. The standard InChI is InChI=1S/C24H30O10/c1-15-13-17(3)33-23(27)29-11-7-8-12-30-24(28)34-18(4)14-16(2)32-22(26)20-10-6-5-9-19(20)21(25)31-15/h5-10,15-18H,11-14H2,1-4H3/b8-7-/t15-,16-,17?,18?/m1/s1. The van der Waals surface area contributed by atoms with E-state index in [9.17, 15) is 19.2 Å². The number of rotatable bonds is 0. The Hall–Kier alpha value is -3.56. The lowest BCUT2D eigenvalue weighted by Gasteiger charge is -2.20. The molecule has 1 aromatic rings. The van der Waals surface area contributed by atoms with Crippen molar-refractivity contribution in [1.82, 2.24) is 0 Å². The van der Waals surface area contributed by atoms with Crippen molar-refractivity contribution in [3.8, 4) is 0 Å². The normalized spacial score (nSPS) is 27.1. The van der Waals surface area contributed by atoms with Gasteiger partial charge in [-0.25, -0.2) is 19.2 Å². The Morgan fingerprint density at radius 2 is 0.941 bits per heavy atom. The molecule has 2 rings (SSSR count). The van der Waals surface area contributed by atoms with E-state index in [1.807, 2.05) is 0 Å². The summed E-state index contributed by atoms with van der Waals surface area (Å²) < 4.78 is 31.0. The summed E-state index contributed by atoms with van der Waals surface area (Å²) >= 11 is 0. The Balaban J connectivity index is 2.16. The van der Waals surface area contributed by atoms with Crippen molar-refractivity contribution in [3.05, 3.63) is 47.5 Å². The van der Waals surface area contributed by atoms with Crippen LogP contribution in [-0.4, -0.2) is 61.9 Å². The second-order valence-corrected chi connectivity index (χ2v) is 7.90. The van der Waals surface area contributed by atoms with Crippen LogP contribution in [0.4, 0.5) is 9.59 Å². The van der Waals surface area contributed by atoms with Crippen LogP contribution >= 0.6 is 0 Å². The van der Waals surface area contributed by atoms with E-state index < -0.39 is 48.7 Å². The maximum Gasteiger partial charge on any atom is 0.508 e. The van der Waals surface area contributed by atoms with Crippen LogP contribution in [0.5, 0.6) is 0 Å². The van der Waals surface area contributed by atoms with Gasteiger partial charge in [-0.2, -0.15) is 0 Å². The molecule has 0 N–H and O–H groups in total. The van der Waals surface area contributed by atoms with Crippen LogP contribution in [0, 0.1) is 0 Å². The van der Waals surface area contributed by atoms with Gasteiger partial charge in [0.25, 0.3) is 0 Å². The van der Waals surface area contributed by atoms with Gasteiger partial charge in [-0.3, -0.25) is 0 Å². The number of esters is 2. The average molecular weight is 478 g/mol. The van der Waals surface area contributed by atoms with E-state index in [2.05, 4.69) is 0 Å². The molecule has 1 heterocycles. The van der Waals surface area contributed by atoms with Crippen LogP contribution in [0.3, 0.4) is 0 Å². The van der Waals surface area contributed by atoms with Crippen molar-refractivity contribution in [1.29, 1.82) is 0 Å². The van der Waals surface area contributed by atoms with Crippen molar-refractivity contribution >= 4 is 24.2 Å². The van der Waals surface area contributed by atoms with Gasteiger partial charge in [0.2, 0.25) is 0 Å². The first kappa shape index (κ1) is 26.7. The molecule has 0 amide bonds. The molecule has 0 bridgehead atoms. The Morgan fingerprint density at radius 1 is 0.588 bits per heavy atom. The lowest BCUT2D eigenvalue weighted by molar-refractivity contribution is -0.00141. The van der Waals surface area contributed by atoms with Crippen LogP contribution in [0.2, 0.25) is 0 Å². The van der Waals surface area contributed by atoms with Crippen molar-refractivity contribution in [2.24, 2.45) is 0 Å². The molecular weight excluding hydrogens is 448 g/mol. The first-order chi connectivity index (χ1) is 16.2. The molecule has 1 aromatic carbocycles. The topological polar surface area (TPSA) is 124 Å². The van der Waals surface area contributed by atoms with Gasteiger partial charge < -0.3 is 28.4 Å². The summed E-state index contributed by atoms with van der Waals surface area (Å²) in [4.78, 5) is 49.0. The first-order valence-corrected chi connectivity index (χ1v) is 11.0. The molecule has 0 fully saturated rings. The molecule has 0 radical (unpaired) electrons. The van der Waals surface area contributed by atoms with Gasteiger partial charge in [-0.15, -0.1) is 0 Å². The number of ether oxygens (including phenoxy) is 6. The highest BCUT2D eigenvalue weighted by Crippen LogP contribution is 2.17. The van der Waals surface area contributed by atoms with Gasteiger partial charge in [0.1, 0.15) is 37.6 Å². The molecule has 34 heavy (non-hydrogen) atoms. The lowest BCUT2D eigenvalue weighted by atomic mass is 10.1. The third-order valence-corrected chi connectivity index (χ3v) is 4.67. The molecule has 10 nitrogen and oxygen atoms in total. The van der Waals surface area contributed by atoms with E-state index in [4.69, 9.17) is 28.4 Å². The SMILES string of the molecule is CC1C[C@@H](C)OC(=O)c2ccccc2C(=O)O[C@H](C)CC(C)OC(=O)OC/C=C\COC(=O)O1. The first-order valence-electron chi connectivity index (χ1n) is 11.0. The molecular formula is C24H30O10. The van der Waals surface area contributed by atoms with Crippen LogP contribution in [0.15, 0.2) is 36.4 Å². The Bertz CT molecular complexity index is 822. The zero-order valence-electron chi connectivity index (χ0n) is 19.7. The summed E-state index contributed by atoms with van der Waals surface area (Å²) in [5, 5.41) is 0. The lowest BCUT2D eigenvalue weighted by Crippen LogP contribution is -2.26. The minimum atomic E-state index is -0.894. The Labute approximate surface area is 198 Å². The largest absolute Gasteiger partial charge is 0.508 e. The molecule has 0 spiro atoms. The number of hydrogen-bond acceptors (Lipinski definition) is 10. The quantitative estimate of drug-likeness (QED) is 0.304. The van der Waals surface area contributed by atoms with Gasteiger partial charge in [0.15, 0.2) is 0 Å². The summed E-state index contributed by atoms with van der Waals surface area (Å²) in [6.45, 7) is 6.40. The highest BCUT2D eigenvalue weighted by Gasteiger charge is 2.24. The van der Waals surface area contributed by atoms with E-state index in [-0.39, 0.29) is 37.2 Å². The second kappa shape index (κ2) is 13.2. The monoisotopic (exact) mass is 478 g/mol. The Morgan fingerprint density at radius 3 is 1.32 bits per heavy atom. The molecule has 0 saturated carbocycles. The molecule has 1 aliphatic rings. The number of hydrogen-bond donors (Lipinski definition) is 0. The molecule has 1 aliphatic heterocycles. The predicted octanol–water partition coefficient (Wildman–Crippen LogP) is 4.21. The smallest absolute Gasteiger partial charge is 0.459 e. The van der Waals surface area contributed by atoms with Gasteiger partial charge in [-0.1, -0.05) is 12.1 Å². The highest BCUT2D eigenvalue weighted by molar-refractivity contribution is 6.03. The van der Waals surface area contributed by atoms with Gasteiger partial charge in [-0.05, 0) is 52.0 Å². The van der Waals surface area contributed by atoms with E-state index >= 15 is 0 Å². The minimum Gasteiger partial charge on any atom is -0.459 e. The van der Waals surface area contributed by atoms with Crippen LogP contribution < -0.4 is 0 Å². The van der Waals surface area contributed by atoms with Crippen LogP contribution in [-0.2, 0) is 28.4 Å². The summed E-state index contributed by atoms with van der Waals surface area (Å²) in [7, 11) is 0. The van der Waals surface area contributed by atoms with Gasteiger partial charge in [0, 0.05) is 12.8 Å². The zero-order chi connectivity index (χ0) is 25.1. The molecule has 0 aromatic heterocycles. The van der Waals surface area contributed by atoms with Gasteiger partial charge >= 0.3 is 24.2 Å². The fraction of sp³-hybridized carbons (Fsp3) is 0.500. The second-order valence-electron chi connectivity index (χ2n) is 7.90. The maximum atomic E-state index is 12.7. The number of cyclic esters (lactones) is 6. The fourth-order valence-corrected chi connectivity index (χ4v) is 3.22. The molecule has 186 valence electrons. The molecule has 0 aliphatic carbocycles. The van der Waals surface area contributed by atoms with Crippen LogP contribution in [0.25, 0.3) is 0 Å². The zero-order valence-corrected chi connectivity index (χ0v) is 19.7. The van der Waals surface area contributed by atoms with E-state index in [1.54, 1.807) is 39.8 Å². The highest BCUT2D eigenvalue weighted by atomic mass is 16.7. The van der Waals surface area contributed by atoms with Crippen molar-refractivity contribution < 1.29 is 47.6 Å². The van der Waals surface area contributed by atoms with E-state index in [0.717, 1.165) is 0 Å². The summed E-state index contributed by atoms with van der Waals surface area (Å²) in [5.41, 5.74) is 0.0858. The van der Waals surface area contributed by atoms with Crippen molar-refractivity contribution in [2.45, 2.75) is 65.0 Å². The number of carbonyl (C=O) groups excluding carboxylic acids is 4. The molecule has 2 unspecified atom stereocenters. The fourth-order valence-electron chi connectivity index (χ4n) is 3.22. The third kappa shape index (κ3) is 9.13. The molecule has 10 heteroatoms. The maximum absolute atomic E-state index is 12.7. The summed E-state index contributed by atoms with van der Waals surface area (Å²) in [6, 6.07) is 6.12. The van der Waals surface area contributed by atoms with Crippen LogP contribution in [0.1, 0.15) is 61.3 Å². The number of fused-ring (bicyclic) bond motifs is 1.